The van der Waals surface area contributed by atoms with Crippen molar-refractivity contribution in [1.29, 1.82) is 0 Å². The van der Waals surface area contributed by atoms with Crippen LogP contribution in [0, 0.1) is 0 Å². The van der Waals surface area contributed by atoms with Gasteiger partial charge >= 0.3 is 0 Å². The molecular weight excluding hydrogens is 655 g/mol. The molecule has 11 rings (SSSR count). The standard InChI is InChI=1S/C47H27N3OS/c1-2-11-29(12-3-1)45-48-46(32-21-20-28-10-4-5-13-30(28)26-32)50-47(49-45)36-23-25-42-44-35(36)16-8-17-37(44)43-33(15-9-19-41(43)52-42)31-22-24-40-38(27-31)34-14-6-7-18-39(34)51-40/h1-27H. The van der Waals surface area contributed by atoms with Crippen LogP contribution in [-0.2, 0) is 0 Å². The second-order valence-corrected chi connectivity index (χ2v) is 14.2. The molecule has 0 aliphatic carbocycles. The third-order valence-electron chi connectivity index (χ3n) is 10.1. The maximum absolute atomic E-state index is 6.18. The number of furan rings is 1. The first-order valence-corrected chi connectivity index (χ1v) is 18.2. The largest absolute Gasteiger partial charge is 0.456 e. The van der Waals surface area contributed by atoms with E-state index < -0.39 is 0 Å². The van der Waals surface area contributed by atoms with Gasteiger partial charge in [-0.2, -0.15) is 0 Å². The Hall–Kier alpha value is -6.56. The van der Waals surface area contributed by atoms with E-state index in [1.807, 2.05) is 42.1 Å². The Morgan fingerprint density at radius 2 is 1.10 bits per heavy atom. The zero-order valence-electron chi connectivity index (χ0n) is 27.7. The summed E-state index contributed by atoms with van der Waals surface area (Å²) in [5.74, 6) is 1.96. The number of hydrogen-bond donors (Lipinski definition) is 0. The van der Waals surface area contributed by atoms with Gasteiger partial charge < -0.3 is 4.42 Å². The number of rotatable bonds is 4. The Balaban J connectivity index is 1.11. The summed E-state index contributed by atoms with van der Waals surface area (Å²) in [6.45, 7) is 0. The van der Waals surface area contributed by atoms with E-state index in [2.05, 4.69) is 133 Å². The van der Waals surface area contributed by atoms with Crippen LogP contribution in [0.3, 0.4) is 0 Å². The Kier molecular flexibility index (Phi) is 6.45. The second kappa shape index (κ2) is 11.5. The number of para-hydroxylation sites is 1. The lowest BCUT2D eigenvalue weighted by atomic mass is 9.89. The van der Waals surface area contributed by atoms with Gasteiger partial charge in [-0.15, -0.1) is 0 Å². The van der Waals surface area contributed by atoms with Gasteiger partial charge in [0.2, 0.25) is 0 Å². The third kappa shape index (κ3) is 4.60. The van der Waals surface area contributed by atoms with Crippen molar-refractivity contribution in [1.82, 2.24) is 15.0 Å². The lowest BCUT2D eigenvalue weighted by molar-refractivity contribution is 0.669. The molecule has 0 N–H and O–H groups in total. The number of aromatic nitrogens is 3. The normalized spacial score (nSPS) is 12.2. The Bertz CT molecular complexity index is 3060. The smallest absolute Gasteiger partial charge is 0.164 e. The van der Waals surface area contributed by atoms with Crippen LogP contribution in [0.1, 0.15) is 0 Å². The molecular formula is C47H27N3OS. The Morgan fingerprint density at radius 3 is 2.02 bits per heavy atom. The van der Waals surface area contributed by atoms with Gasteiger partial charge in [0.1, 0.15) is 11.2 Å². The van der Waals surface area contributed by atoms with Crippen molar-refractivity contribution < 1.29 is 4.42 Å². The molecule has 242 valence electrons. The average molecular weight is 682 g/mol. The topological polar surface area (TPSA) is 51.8 Å². The van der Waals surface area contributed by atoms with E-state index in [0.29, 0.717) is 17.5 Å². The molecule has 0 bridgehead atoms. The summed E-state index contributed by atoms with van der Waals surface area (Å²) in [7, 11) is 0. The SMILES string of the molecule is c1ccc(-c2nc(-c3ccc4ccccc4c3)nc(-c3ccc4c5c(cccc35)-c3c(cccc3-c3ccc5oc6ccccc6c5c3)S4)n2)cc1. The third-order valence-corrected chi connectivity index (χ3v) is 11.2. The number of fused-ring (bicyclic) bond motifs is 6. The Labute approximate surface area is 303 Å². The van der Waals surface area contributed by atoms with Crippen LogP contribution < -0.4 is 0 Å². The van der Waals surface area contributed by atoms with Crippen LogP contribution in [-0.4, -0.2) is 15.0 Å². The molecule has 8 aromatic carbocycles. The minimum absolute atomic E-state index is 0.651. The molecule has 0 fully saturated rings. The van der Waals surface area contributed by atoms with E-state index in [0.717, 1.165) is 55.0 Å². The monoisotopic (exact) mass is 681 g/mol. The summed E-state index contributed by atoms with van der Waals surface area (Å²) in [5, 5.41) is 6.92. The molecule has 0 saturated carbocycles. The fourth-order valence-electron chi connectivity index (χ4n) is 7.68. The van der Waals surface area contributed by atoms with E-state index in [-0.39, 0.29) is 0 Å². The highest BCUT2D eigenvalue weighted by atomic mass is 32.2. The van der Waals surface area contributed by atoms with Crippen molar-refractivity contribution in [2.75, 3.05) is 0 Å². The van der Waals surface area contributed by atoms with Crippen LogP contribution in [0.5, 0.6) is 0 Å². The quantitative estimate of drug-likeness (QED) is 0.185. The van der Waals surface area contributed by atoms with Gasteiger partial charge in [-0.1, -0.05) is 133 Å². The molecule has 1 aliphatic rings. The molecule has 10 aromatic rings. The number of hydrogen-bond acceptors (Lipinski definition) is 5. The molecule has 0 atom stereocenters. The fourth-order valence-corrected chi connectivity index (χ4v) is 8.84. The van der Waals surface area contributed by atoms with Crippen molar-refractivity contribution >= 4 is 55.2 Å². The van der Waals surface area contributed by atoms with Gasteiger partial charge in [0.05, 0.1) is 0 Å². The molecule has 0 saturated heterocycles. The zero-order valence-corrected chi connectivity index (χ0v) is 28.6. The van der Waals surface area contributed by atoms with E-state index in [1.165, 1.54) is 37.3 Å². The summed E-state index contributed by atoms with van der Waals surface area (Å²) in [6.07, 6.45) is 0. The van der Waals surface area contributed by atoms with E-state index in [4.69, 9.17) is 19.4 Å². The first-order chi connectivity index (χ1) is 25.7. The van der Waals surface area contributed by atoms with Crippen LogP contribution in [0.4, 0.5) is 0 Å². The maximum atomic E-state index is 6.18. The van der Waals surface area contributed by atoms with Gasteiger partial charge in [-0.25, -0.2) is 15.0 Å². The minimum Gasteiger partial charge on any atom is -0.456 e. The molecule has 0 radical (unpaired) electrons. The van der Waals surface area contributed by atoms with Crippen molar-refractivity contribution in [3.8, 4) is 56.4 Å². The van der Waals surface area contributed by atoms with Crippen LogP contribution in [0.15, 0.2) is 178 Å². The van der Waals surface area contributed by atoms with Gasteiger partial charge in [0.25, 0.3) is 0 Å². The predicted octanol–water partition coefficient (Wildman–Crippen LogP) is 12.9. The summed E-state index contributed by atoms with van der Waals surface area (Å²) >= 11 is 1.82. The molecule has 3 heterocycles. The van der Waals surface area contributed by atoms with E-state index >= 15 is 0 Å². The van der Waals surface area contributed by atoms with Crippen LogP contribution >= 0.6 is 11.8 Å². The number of nitrogens with zero attached hydrogens (tertiary/aromatic N) is 3. The fraction of sp³-hybridized carbons (Fsp3) is 0. The van der Waals surface area contributed by atoms with Crippen LogP contribution in [0.25, 0.3) is 99.9 Å². The summed E-state index contributed by atoms with van der Waals surface area (Å²) in [5.41, 5.74) is 9.51. The average Bonchev–Trinajstić information content (AvgIpc) is 3.59. The molecule has 52 heavy (non-hydrogen) atoms. The zero-order chi connectivity index (χ0) is 34.2. The van der Waals surface area contributed by atoms with Crippen molar-refractivity contribution in [3.63, 3.8) is 0 Å². The first-order valence-electron chi connectivity index (χ1n) is 17.3. The summed E-state index contributed by atoms with van der Waals surface area (Å²) in [4.78, 5) is 17.8. The second-order valence-electron chi connectivity index (χ2n) is 13.2. The minimum atomic E-state index is 0.651. The van der Waals surface area contributed by atoms with Gasteiger partial charge in [-0.3, -0.25) is 0 Å². The van der Waals surface area contributed by atoms with E-state index in [1.54, 1.807) is 0 Å². The molecule has 2 aromatic heterocycles. The first kappa shape index (κ1) is 29.2. The molecule has 0 amide bonds. The lowest BCUT2D eigenvalue weighted by Crippen LogP contribution is -2.02. The van der Waals surface area contributed by atoms with Gasteiger partial charge in [0, 0.05) is 48.2 Å². The summed E-state index contributed by atoms with van der Waals surface area (Å²) < 4.78 is 6.18. The highest BCUT2D eigenvalue weighted by molar-refractivity contribution is 7.99. The van der Waals surface area contributed by atoms with Crippen molar-refractivity contribution in [2.24, 2.45) is 0 Å². The van der Waals surface area contributed by atoms with E-state index in [9.17, 15) is 0 Å². The van der Waals surface area contributed by atoms with Crippen molar-refractivity contribution in [2.45, 2.75) is 9.79 Å². The Morgan fingerprint density at radius 1 is 0.385 bits per heavy atom. The van der Waals surface area contributed by atoms with Gasteiger partial charge in [0.15, 0.2) is 17.5 Å². The molecule has 0 spiro atoms. The van der Waals surface area contributed by atoms with Crippen LogP contribution in [0.2, 0.25) is 0 Å². The van der Waals surface area contributed by atoms with Crippen molar-refractivity contribution in [3.05, 3.63) is 164 Å². The molecule has 4 nitrogen and oxygen atoms in total. The highest BCUT2D eigenvalue weighted by Gasteiger charge is 2.25. The van der Waals surface area contributed by atoms with Gasteiger partial charge in [-0.05, 0) is 75.3 Å². The predicted molar refractivity (Wildman–Crippen MR) is 213 cm³/mol. The lowest BCUT2D eigenvalue weighted by Gasteiger charge is -2.24. The summed E-state index contributed by atoms with van der Waals surface area (Å²) in [6, 6.07) is 57.5. The molecule has 1 aliphatic heterocycles. The maximum Gasteiger partial charge on any atom is 0.164 e. The molecule has 0 unspecified atom stereocenters. The number of benzene rings is 8. The molecule has 5 heteroatoms. The highest BCUT2D eigenvalue weighted by Crippen LogP contribution is 2.52.